The van der Waals surface area contributed by atoms with Crippen LogP contribution in [-0.2, 0) is 14.8 Å². The van der Waals surface area contributed by atoms with E-state index in [1.807, 2.05) is 0 Å². The average molecular weight is 453 g/mol. The highest BCUT2D eigenvalue weighted by Crippen LogP contribution is 2.33. The molecule has 1 aromatic heterocycles. The molecule has 2 amide bonds. The molecule has 2 aliphatic rings. The van der Waals surface area contributed by atoms with E-state index in [1.165, 1.54) is 12.3 Å². The zero-order valence-electron chi connectivity index (χ0n) is 18.5. The summed E-state index contributed by atoms with van der Waals surface area (Å²) in [6.07, 6.45) is 5.19. The van der Waals surface area contributed by atoms with Crippen LogP contribution < -0.4 is 15.8 Å². The molecule has 10 nitrogen and oxygen atoms in total. The molecule has 11 heteroatoms. The number of carbonyl (C=O) groups is 2. The summed E-state index contributed by atoms with van der Waals surface area (Å²) in [4.78, 5) is 34.8. The Labute approximate surface area is 183 Å². The zero-order valence-corrected chi connectivity index (χ0v) is 19.3. The smallest absolute Gasteiger partial charge is 0.267 e. The highest BCUT2D eigenvalue weighted by Gasteiger charge is 2.44. The van der Waals surface area contributed by atoms with Gasteiger partial charge in [0.2, 0.25) is 15.9 Å². The largest absolute Gasteiger partial charge is 0.364 e. The second kappa shape index (κ2) is 8.79. The lowest BCUT2D eigenvalue weighted by Gasteiger charge is -2.43. The van der Waals surface area contributed by atoms with Crippen molar-refractivity contribution in [3.05, 3.63) is 23.8 Å². The lowest BCUT2D eigenvalue weighted by atomic mass is 9.85. The van der Waals surface area contributed by atoms with Crippen molar-refractivity contribution in [2.24, 2.45) is 5.73 Å². The Bertz CT molecular complexity index is 945. The van der Waals surface area contributed by atoms with E-state index in [9.17, 15) is 18.0 Å². The molecule has 1 aliphatic carbocycles. The number of sulfonamides is 1. The summed E-state index contributed by atoms with van der Waals surface area (Å²) in [6.45, 7) is 6.71. The number of hydrogen-bond donors (Lipinski definition) is 3. The van der Waals surface area contributed by atoms with Crippen LogP contribution >= 0.6 is 0 Å². The molecule has 2 fully saturated rings. The van der Waals surface area contributed by atoms with E-state index in [2.05, 4.69) is 40.8 Å². The summed E-state index contributed by atoms with van der Waals surface area (Å²) in [5.41, 5.74) is 5.28. The monoisotopic (exact) mass is 452 g/mol. The topological polar surface area (TPSA) is 147 Å². The number of nitrogens with one attached hydrogen (secondary N) is 2. The standard InChI is InChI=1S/C20H32N6O4S/c1-20(2,3)24-12-5-6-16(15(11-12)25-31(4,29)30)26-10-8-13(19(26)28)18-22-9-7-14(23-18)17(21)27/h7,9,12-13,15-16,24-25H,5-6,8,10-11H2,1-4H3,(H2,21,27)/t12-,13+,15-,16+/m1/s1. The van der Waals surface area contributed by atoms with Crippen LogP contribution in [0.1, 0.15) is 68.7 Å². The fraction of sp³-hybridized carbons (Fsp3) is 0.700. The molecule has 0 unspecified atom stereocenters. The number of nitrogens with two attached hydrogens (primary N) is 1. The fourth-order valence-electron chi connectivity index (χ4n) is 4.62. The van der Waals surface area contributed by atoms with Crippen LogP contribution in [0.4, 0.5) is 0 Å². The summed E-state index contributed by atoms with van der Waals surface area (Å²) in [6, 6.07) is 0.937. The minimum atomic E-state index is -3.44. The van der Waals surface area contributed by atoms with Crippen molar-refractivity contribution in [2.75, 3.05) is 12.8 Å². The predicted molar refractivity (Wildman–Crippen MR) is 116 cm³/mol. The van der Waals surface area contributed by atoms with E-state index in [0.29, 0.717) is 25.8 Å². The highest BCUT2D eigenvalue weighted by atomic mass is 32.2. The van der Waals surface area contributed by atoms with E-state index in [-0.39, 0.29) is 41.1 Å². The Morgan fingerprint density at radius 2 is 1.97 bits per heavy atom. The molecule has 3 rings (SSSR count). The maximum Gasteiger partial charge on any atom is 0.267 e. The molecule has 1 aliphatic heterocycles. The van der Waals surface area contributed by atoms with Gasteiger partial charge in [0, 0.05) is 36.4 Å². The van der Waals surface area contributed by atoms with Gasteiger partial charge in [-0.05, 0) is 52.5 Å². The lowest BCUT2D eigenvalue weighted by molar-refractivity contribution is -0.132. The molecule has 0 aromatic carbocycles. The summed E-state index contributed by atoms with van der Waals surface area (Å²) < 4.78 is 26.8. The first kappa shape index (κ1) is 23.6. The zero-order chi connectivity index (χ0) is 23.0. The van der Waals surface area contributed by atoms with Crippen molar-refractivity contribution < 1.29 is 18.0 Å². The third kappa shape index (κ3) is 5.98. The van der Waals surface area contributed by atoms with Gasteiger partial charge in [-0.15, -0.1) is 0 Å². The van der Waals surface area contributed by atoms with Gasteiger partial charge in [0.1, 0.15) is 11.5 Å². The first-order chi connectivity index (χ1) is 14.3. The van der Waals surface area contributed by atoms with Crippen molar-refractivity contribution in [1.82, 2.24) is 24.9 Å². The van der Waals surface area contributed by atoms with E-state index < -0.39 is 21.8 Å². The molecule has 4 atom stereocenters. The summed E-state index contributed by atoms with van der Waals surface area (Å²) in [7, 11) is -3.44. The predicted octanol–water partition coefficient (Wildman–Crippen LogP) is 0.118. The van der Waals surface area contributed by atoms with Gasteiger partial charge >= 0.3 is 0 Å². The van der Waals surface area contributed by atoms with Crippen LogP contribution in [-0.4, -0.2) is 71.6 Å². The minimum absolute atomic E-state index is 0.0710. The third-order valence-electron chi connectivity index (χ3n) is 5.69. The third-order valence-corrected chi connectivity index (χ3v) is 6.43. The number of likely N-dealkylation sites (tertiary alicyclic amines) is 1. The number of carbonyl (C=O) groups excluding carboxylic acids is 2. The molecule has 4 N–H and O–H groups in total. The van der Waals surface area contributed by atoms with Crippen molar-refractivity contribution >= 4 is 21.8 Å². The number of aromatic nitrogens is 2. The quantitative estimate of drug-likeness (QED) is 0.555. The summed E-state index contributed by atoms with van der Waals surface area (Å²) >= 11 is 0. The van der Waals surface area contributed by atoms with E-state index in [4.69, 9.17) is 5.73 Å². The van der Waals surface area contributed by atoms with Crippen molar-refractivity contribution in [2.45, 2.75) is 76.0 Å². The Morgan fingerprint density at radius 1 is 1.26 bits per heavy atom. The van der Waals surface area contributed by atoms with Crippen LogP contribution in [0.3, 0.4) is 0 Å². The van der Waals surface area contributed by atoms with Gasteiger partial charge in [-0.2, -0.15) is 0 Å². The van der Waals surface area contributed by atoms with Crippen LogP contribution in [0, 0.1) is 0 Å². The Hall–Kier alpha value is -2.11. The number of amides is 2. The Morgan fingerprint density at radius 3 is 2.58 bits per heavy atom. The molecule has 0 radical (unpaired) electrons. The van der Waals surface area contributed by atoms with Gasteiger partial charge in [0.25, 0.3) is 5.91 Å². The van der Waals surface area contributed by atoms with Crippen LogP contribution in [0.5, 0.6) is 0 Å². The molecule has 31 heavy (non-hydrogen) atoms. The van der Waals surface area contributed by atoms with Crippen molar-refractivity contribution in [3.63, 3.8) is 0 Å². The van der Waals surface area contributed by atoms with Crippen LogP contribution in [0.25, 0.3) is 0 Å². The van der Waals surface area contributed by atoms with Gasteiger partial charge in [-0.25, -0.2) is 23.1 Å². The molecule has 1 saturated carbocycles. The molecule has 1 aromatic rings. The van der Waals surface area contributed by atoms with Crippen LogP contribution in [0.15, 0.2) is 12.3 Å². The Balaban J connectivity index is 1.79. The number of nitrogens with zero attached hydrogens (tertiary/aromatic N) is 3. The highest BCUT2D eigenvalue weighted by molar-refractivity contribution is 7.88. The molecule has 0 bridgehead atoms. The van der Waals surface area contributed by atoms with E-state index >= 15 is 0 Å². The second-order valence-corrected chi connectivity index (χ2v) is 11.3. The molecule has 2 heterocycles. The van der Waals surface area contributed by atoms with Gasteiger partial charge in [0.15, 0.2) is 0 Å². The maximum atomic E-state index is 13.2. The molecule has 1 saturated heterocycles. The number of rotatable bonds is 6. The fourth-order valence-corrected chi connectivity index (χ4v) is 5.43. The Kier molecular flexibility index (Phi) is 6.68. The molecular formula is C20H32N6O4S. The molecule has 172 valence electrons. The first-order valence-electron chi connectivity index (χ1n) is 10.5. The van der Waals surface area contributed by atoms with Gasteiger partial charge in [-0.1, -0.05) is 0 Å². The minimum Gasteiger partial charge on any atom is -0.364 e. The van der Waals surface area contributed by atoms with Gasteiger partial charge in [0.05, 0.1) is 12.2 Å². The number of primary amides is 1. The average Bonchev–Trinajstić information content (AvgIpc) is 3.00. The van der Waals surface area contributed by atoms with Crippen molar-refractivity contribution in [3.8, 4) is 0 Å². The summed E-state index contributed by atoms with van der Waals surface area (Å²) in [5.74, 6) is -1.11. The van der Waals surface area contributed by atoms with Gasteiger partial charge in [-0.3, -0.25) is 9.59 Å². The van der Waals surface area contributed by atoms with Crippen LogP contribution in [0.2, 0.25) is 0 Å². The van der Waals surface area contributed by atoms with E-state index in [0.717, 1.165) is 12.7 Å². The van der Waals surface area contributed by atoms with Gasteiger partial charge < -0.3 is 16.0 Å². The van der Waals surface area contributed by atoms with E-state index in [1.54, 1.807) is 4.90 Å². The normalized spacial score (nSPS) is 27.5. The second-order valence-electron chi connectivity index (χ2n) is 9.51. The summed E-state index contributed by atoms with van der Waals surface area (Å²) in [5, 5.41) is 3.55. The molecule has 0 spiro atoms. The van der Waals surface area contributed by atoms with Crippen molar-refractivity contribution in [1.29, 1.82) is 0 Å². The SMILES string of the molecule is CC(C)(C)N[C@@H]1CC[C@H](N2CC[C@@H](c3nccc(C(N)=O)n3)C2=O)[C@H](NS(C)(=O)=O)C1. The molecular weight excluding hydrogens is 420 g/mol. The lowest BCUT2D eigenvalue weighted by Crippen LogP contribution is -2.59. The number of hydrogen-bond acceptors (Lipinski definition) is 7. The first-order valence-corrected chi connectivity index (χ1v) is 12.4. The maximum absolute atomic E-state index is 13.2.